The molecule has 3 N–H and O–H groups in total. The van der Waals surface area contributed by atoms with Crippen molar-refractivity contribution in [3.63, 3.8) is 0 Å². The maximum absolute atomic E-state index is 13.1. The fourth-order valence-electron chi connectivity index (χ4n) is 4.68. The van der Waals surface area contributed by atoms with Crippen LogP contribution in [0.5, 0.6) is 5.88 Å². The predicted octanol–water partition coefficient (Wildman–Crippen LogP) is 2.06. The normalized spacial score (nSPS) is 22.7. The van der Waals surface area contributed by atoms with E-state index in [4.69, 9.17) is 4.74 Å². The van der Waals surface area contributed by atoms with Crippen LogP contribution in [0.15, 0.2) is 12.1 Å². The van der Waals surface area contributed by atoms with Crippen LogP contribution in [0.2, 0.25) is 0 Å². The fraction of sp³-hybridized carbons (Fsp3) is 0.600. The number of amides is 1. The van der Waals surface area contributed by atoms with Crippen molar-refractivity contribution in [3.05, 3.63) is 17.8 Å². The number of anilines is 3. The van der Waals surface area contributed by atoms with Crippen LogP contribution in [0.1, 0.15) is 37.8 Å². The number of rotatable bonds is 7. The number of nitrogens with one attached hydrogen (secondary N) is 2. The summed E-state index contributed by atoms with van der Waals surface area (Å²) in [6.45, 7) is -0.162. The predicted molar refractivity (Wildman–Crippen MR) is 112 cm³/mol. The van der Waals surface area contributed by atoms with Gasteiger partial charge in [0.1, 0.15) is 5.82 Å². The second-order valence-electron chi connectivity index (χ2n) is 8.18. The topological polar surface area (TPSA) is 119 Å². The number of aliphatic hydroxyl groups is 1. The number of hydrogen-bond donors (Lipinski definition) is 3. The SMILES string of the molecule is COc1cc(Nc2cc(CO)[nH]n2)nc(N(C)C2C[C@H]3CCC[C@@H](C2)N3C(=O)C(F)F)n1. The second-order valence-corrected chi connectivity index (χ2v) is 8.18. The van der Waals surface area contributed by atoms with Crippen LogP contribution >= 0.6 is 0 Å². The number of fused-ring (bicyclic) bond motifs is 2. The van der Waals surface area contributed by atoms with Gasteiger partial charge in [0.05, 0.1) is 19.4 Å². The maximum atomic E-state index is 13.1. The molecule has 0 radical (unpaired) electrons. The minimum absolute atomic E-state index is 0.00152. The Morgan fingerprint density at radius 1 is 1.31 bits per heavy atom. The van der Waals surface area contributed by atoms with Gasteiger partial charge < -0.3 is 25.0 Å². The minimum atomic E-state index is -2.98. The highest BCUT2D eigenvalue weighted by molar-refractivity contribution is 5.80. The Kier molecular flexibility index (Phi) is 6.40. The van der Waals surface area contributed by atoms with Gasteiger partial charge in [-0.05, 0) is 32.1 Å². The molecule has 2 aliphatic rings. The molecule has 2 fully saturated rings. The van der Waals surface area contributed by atoms with Crippen LogP contribution < -0.4 is 15.0 Å². The van der Waals surface area contributed by atoms with Crippen molar-refractivity contribution in [1.29, 1.82) is 0 Å². The van der Waals surface area contributed by atoms with Gasteiger partial charge in [0, 0.05) is 37.3 Å². The zero-order valence-corrected chi connectivity index (χ0v) is 18.0. The van der Waals surface area contributed by atoms with Crippen molar-refractivity contribution in [2.24, 2.45) is 0 Å². The van der Waals surface area contributed by atoms with Gasteiger partial charge in [-0.15, -0.1) is 0 Å². The molecule has 0 spiro atoms. The molecule has 10 nitrogen and oxygen atoms in total. The number of piperidine rings is 2. The van der Waals surface area contributed by atoms with Gasteiger partial charge in [-0.1, -0.05) is 0 Å². The Morgan fingerprint density at radius 2 is 2.03 bits per heavy atom. The number of carbonyl (C=O) groups excluding carboxylic acids is 1. The Morgan fingerprint density at radius 3 is 2.62 bits per heavy atom. The van der Waals surface area contributed by atoms with Gasteiger partial charge in [0.15, 0.2) is 5.82 Å². The molecule has 1 amide bonds. The second kappa shape index (κ2) is 9.23. The lowest BCUT2D eigenvalue weighted by Gasteiger charge is -2.50. The number of nitrogens with zero attached hydrogens (tertiary/aromatic N) is 5. The molecule has 4 heterocycles. The van der Waals surface area contributed by atoms with E-state index in [0.717, 1.165) is 19.3 Å². The summed E-state index contributed by atoms with van der Waals surface area (Å²) in [5, 5.41) is 19.0. The number of aliphatic hydroxyl groups excluding tert-OH is 1. The lowest BCUT2D eigenvalue weighted by Crippen LogP contribution is -2.59. The number of aromatic amines is 1. The first-order valence-corrected chi connectivity index (χ1v) is 10.6. The molecule has 3 atom stereocenters. The monoisotopic (exact) mass is 451 g/mol. The lowest BCUT2D eigenvalue weighted by atomic mass is 9.81. The number of H-pyrrole nitrogens is 1. The quantitative estimate of drug-likeness (QED) is 0.585. The molecule has 32 heavy (non-hydrogen) atoms. The highest BCUT2D eigenvalue weighted by Crippen LogP contribution is 2.37. The van der Waals surface area contributed by atoms with Crippen molar-refractivity contribution in [3.8, 4) is 5.88 Å². The molecule has 0 aromatic carbocycles. The van der Waals surface area contributed by atoms with Crippen LogP contribution in [0.3, 0.4) is 0 Å². The first kappa shape index (κ1) is 22.2. The number of hydrogen-bond acceptors (Lipinski definition) is 8. The lowest BCUT2D eigenvalue weighted by molar-refractivity contribution is -0.153. The highest BCUT2D eigenvalue weighted by atomic mass is 19.3. The van der Waals surface area contributed by atoms with Gasteiger partial charge in [-0.2, -0.15) is 23.8 Å². The van der Waals surface area contributed by atoms with E-state index in [1.54, 1.807) is 12.1 Å². The minimum Gasteiger partial charge on any atom is -0.481 e. The largest absolute Gasteiger partial charge is 0.481 e. The number of methoxy groups -OCH3 is 1. The third-order valence-electron chi connectivity index (χ3n) is 6.21. The third kappa shape index (κ3) is 4.45. The van der Waals surface area contributed by atoms with E-state index in [2.05, 4.69) is 25.5 Å². The summed E-state index contributed by atoms with van der Waals surface area (Å²) >= 11 is 0. The summed E-state index contributed by atoms with van der Waals surface area (Å²) in [6, 6.07) is 2.87. The first-order chi connectivity index (χ1) is 15.4. The summed E-state index contributed by atoms with van der Waals surface area (Å²) in [6.07, 6.45) is 0.551. The highest BCUT2D eigenvalue weighted by Gasteiger charge is 2.44. The van der Waals surface area contributed by atoms with Crippen molar-refractivity contribution in [2.75, 3.05) is 24.4 Å². The van der Waals surface area contributed by atoms with E-state index < -0.39 is 12.3 Å². The van der Waals surface area contributed by atoms with E-state index in [-0.39, 0.29) is 24.7 Å². The molecule has 2 saturated heterocycles. The Bertz CT molecular complexity index is 943. The van der Waals surface area contributed by atoms with E-state index in [1.165, 1.54) is 12.0 Å². The molecule has 2 bridgehead atoms. The van der Waals surface area contributed by atoms with Gasteiger partial charge in [-0.3, -0.25) is 9.89 Å². The molecule has 1 unspecified atom stereocenters. The van der Waals surface area contributed by atoms with Crippen molar-refractivity contribution in [1.82, 2.24) is 25.1 Å². The van der Waals surface area contributed by atoms with Crippen LogP contribution in [0, 0.1) is 0 Å². The molecule has 2 aromatic heterocycles. The van der Waals surface area contributed by atoms with Crippen molar-refractivity contribution >= 4 is 23.5 Å². The zero-order valence-electron chi connectivity index (χ0n) is 18.0. The van der Waals surface area contributed by atoms with Gasteiger partial charge in [0.25, 0.3) is 5.91 Å². The van der Waals surface area contributed by atoms with Crippen molar-refractivity contribution < 1.29 is 23.4 Å². The summed E-state index contributed by atoms with van der Waals surface area (Å²) in [5.74, 6) is 0.650. The van der Waals surface area contributed by atoms with Gasteiger partial charge >= 0.3 is 6.43 Å². The Labute approximate surface area is 184 Å². The summed E-state index contributed by atoms with van der Waals surface area (Å²) in [5.41, 5.74) is 0.558. The number of aromatic nitrogens is 4. The summed E-state index contributed by atoms with van der Waals surface area (Å²) in [7, 11) is 3.37. The molecule has 0 aliphatic carbocycles. The van der Waals surface area contributed by atoms with Crippen LogP contribution in [-0.4, -0.2) is 74.8 Å². The Balaban J connectivity index is 1.53. The average molecular weight is 451 g/mol. The van der Waals surface area contributed by atoms with Crippen molar-refractivity contribution in [2.45, 2.75) is 63.3 Å². The molecular formula is C20H27F2N7O3. The molecule has 12 heteroatoms. The van der Waals surface area contributed by atoms with Crippen LogP contribution in [0.25, 0.3) is 0 Å². The maximum Gasteiger partial charge on any atom is 0.315 e. The smallest absolute Gasteiger partial charge is 0.315 e. The molecular weight excluding hydrogens is 424 g/mol. The zero-order chi connectivity index (χ0) is 22.8. The average Bonchev–Trinajstić information content (AvgIpc) is 3.24. The summed E-state index contributed by atoms with van der Waals surface area (Å²) in [4.78, 5) is 24.4. The van der Waals surface area contributed by atoms with Crippen LogP contribution in [-0.2, 0) is 11.4 Å². The molecule has 174 valence electrons. The molecule has 4 rings (SSSR count). The first-order valence-electron chi connectivity index (χ1n) is 10.6. The summed E-state index contributed by atoms with van der Waals surface area (Å²) < 4.78 is 31.5. The van der Waals surface area contributed by atoms with E-state index in [1.807, 2.05) is 11.9 Å². The third-order valence-corrected chi connectivity index (χ3v) is 6.21. The number of halogens is 2. The fourth-order valence-corrected chi connectivity index (χ4v) is 4.68. The van der Waals surface area contributed by atoms with Crippen LogP contribution in [0.4, 0.5) is 26.4 Å². The van der Waals surface area contributed by atoms with Gasteiger partial charge in [0.2, 0.25) is 11.8 Å². The Hall–Kier alpha value is -3.02. The van der Waals surface area contributed by atoms with E-state index in [9.17, 15) is 18.7 Å². The van der Waals surface area contributed by atoms with Gasteiger partial charge in [-0.25, -0.2) is 0 Å². The van der Waals surface area contributed by atoms with E-state index in [0.29, 0.717) is 42.0 Å². The number of ether oxygens (including phenoxy) is 1. The number of carbonyl (C=O) groups is 1. The van der Waals surface area contributed by atoms with E-state index >= 15 is 0 Å². The standard InChI is InChI=1S/C20H27F2N7O3/c1-28(14-7-12-4-3-5-13(8-14)29(12)19(31)18(21)22)20-24-15(9-17(25-20)32-2)23-16-6-11(10-30)26-27-16/h6,9,12-14,18,30H,3-5,7-8,10H2,1-2H3,(H2,23,24,25,26,27)/t12-,13+,14?. The number of alkyl halides is 2. The molecule has 2 aliphatic heterocycles. The molecule has 0 saturated carbocycles. The molecule has 2 aromatic rings.